The number of rotatable bonds is 8. The fraction of sp³-hybridized carbons (Fsp3) is 0.286. The second kappa shape index (κ2) is 9.62. The van der Waals surface area contributed by atoms with Crippen LogP contribution in [0.3, 0.4) is 0 Å². The first kappa shape index (κ1) is 24.6. The highest BCUT2D eigenvalue weighted by atomic mass is 79.9. The SMILES string of the molecule is O=CSC1C(N2C(=O)c3ccccc3C2=O)C(=O)N1C(C(=O)OCN1C(=O)CCC1=O)=C(O)CBr. The smallest absolute Gasteiger partial charge is 0.360 e. The van der Waals surface area contributed by atoms with Gasteiger partial charge in [0.2, 0.25) is 11.8 Å². The van der Waals surface area contributed by atoms with Crippen molar-refractivity contribution in [2.45, 2.75) is 24.3 Å². The Labute approximate surface area is 210 Å². The molecule has 1 N–H and O–H groups in total. The zero-order chi connectivity index (χ0) is 25.4. The van der Waals surface area contributed by atoms with Crippen LogP contribution in [0.25, 0.3) is 0 Å². The number of aliphatic hydroxyl groups excluding tert-OH is 1. The van der Waals surface area contributed by atoms with Crippen molar-refractivity contribution in [3.63, 3.8) is 0 Å². The molecule has 35 heavy (non-hydrogen) atoms. The Kier molecular flexibility index (Phi) is 6.76. The zero-order valence-corrected chi connectivity index (χ0v) is 20.1. The predicted octanol–water partition coefficient (Wildman–Crippen LogP) is 0.557. The van der Waals surface area contributed by atoms with Crippen molar-refractivity contribution >= 4 is 68.8 Å². The molecule has 0 aromatic heterocycles. The van der Waals surface area contributed by atoms with Crippen molar-refractivity contribution in [1.82, 2.24) is 14.7 Å². The number of hydrogen-bond donors (Lipinski definition) is 1. The minimum atomic E-state index is -1.43. The lowest BCUT2D eigenvalue weighted by Gasteiger charge is -2.48. The van der Waals surface area contributed by atoms with Crippen LogP contribution < -0.4 is 0 Å². The van der Waals surface area contributed by atoms with Crippen LogP contribution in [0.15, 0.2) is 35.7 Å². The molecule has 1 aromatic rings. The Bertz CT molecular complexity index is 1170. The summed E-state index contributed by atoms with van der Waals surface area (Å²) < 4.78 is 5.00. The van der Waals surface area contributed by atoms with Crippen molar-refractivity contribution in [3.8, 4) is 0 Å². The zero-order valence-electron chi connectivity index (χ0n) is 17.7. The van der Waals surface area contributed by atoms with Crippen molar-refractivity contribution in [3.05, 3.63) is 46.8 Å². The van der Waals surface area contributed by atoms with Gasteiger partial charge in [0.05, 0.1) is 16.5 Å². The maximum Gasteiger partial charge on any atom is 0.360 e. The van der Waals surface area contributed by atoms with E-state index in [2.05, 4.69) is 15.9 Å². The Morgan fingerprint density at radius 3 is 2.17 bits per heavy atom. The third-order valence-electron chi connectivity index (χ3n) is 5.63. The van der Waals surface area contributed by atoms with Gasteiger partial charge in [-0.3, -0.25) is 38.6 Å². The van der Waals surface area contributed by atoms with Crippen LogP contribution in [0.5, 0.6) is 0 Å². The average molecular weight is 566 g/mol. The number of amides is 5. The maximum atomic E-state index is 13.2. The van der Waals surface area contributed by atoms with E-state index in [1.165, 1.54) is 12.1 Å². The van der Waals surface area contributed by atoms with Gasteiger partial charge in [-0.1, -0.05) is 39.8 Å². The summed E-state index contributed by atoms with van der Waals surface area (Å²) in [6.07, 6.45) is -0.0628. The van der Waals surface area contributed by atoms with Crippen molar-refractivity contribution < 1.29 is 43.4 Å². The largest absolute Gasteiger partial charge is 0.509 e. The van der Waals surface area contributed by atoms with Gasteiger partial charge >= 0.3 is 5.97 Å². The Morgan fingerprint density at radius 1 is 1.09 bits per heavy atom. The molecule has 14 heteroatoms. The normalized spacial score (nSPS) is 22.3. The molecule has 4 rings (SSSR count). The second-order valence-corrected chi connectivity index (χ2v) is 9.02. The molecule has 0 bridgehead atoms. The van der Waals surface area contributed by atoms with E-state index in [9.17, 15) is 38.7 Å². The van der Waals surface area contributed by atoms with Crippen LogP contribution in [0.1, 0.15) is 33.6 Å². The molecule has 2 fully saturated rings. The van der Waals surface area contributed by atoms with E-state index in [-0.39, 0.29) is 29.3 Å². The van der Waals surface area contributed by atoms with Crippen LogP contribution in [-0.2, 0) is 28.7 Å². The number of imide groups is 2. The molecule has 2 saturated heterocycles. The van der Waals surface area contributed by atoms with E-state index >= 15 is 0 Å². The van der Waals surface area contributed by atoms with Crippen LogP contribution in [-0.4, -0.2) is 84.4 Å². The van der Waals surface area contributed by atoms with Gasteiger partial charge in [0.1, 0.15) is 17.2 Å². The summed E-state index contributed by atoms with van der Waals surface area (Å²) in [7, 11) is 0. The molecule has 0 radical (unpaired) electrons. The molecule has 0 saturated carbocycles. The summed E-state index contributed by atoms with van der Waals surface area (Å²) in [4.78, 5) is 88.8. The number of carbonyl (C=O) groups is 7. The number of fused-ring (bicyclic) bond motifs is 1. The number of ether oxygens (including phenoxy) is 1. The van der Waals surface area contributed by atoms with Gasteiger partial charge in [0.15, 0.2) is 18.0 Å². The van der Waals surface area contributed by atoms with Crippen molar-refractivity contribution in [2.24, 2.45) is 0 Å². The molecule has 2 atom stereocenters. The minimum absolute atomic E-state index is 0.0314. The van der Waals surface area contributed by atoms with Gasteiger partial charge in [0, 0.05) is 12.8 Å². The molecule has 1 aromatic carbocycles. The Balaban J connectivity index is 1.60. The molecule has 182 valence electrons. The molecule has 3 heterocycles. The van der Waals surface area contributed by atoms with E-state index in [0.29, 0.717) is 17.4 Å². The summed E-state index contributed by atoms with van der Waals surface area (Å²) in [5.74, 6) is -5.35. The number of nitrogens with zero attached hydrogens (tertiary/aromatic N) is 3. The van der Waals surface area contributed by atoms with Crippen molar-refractivity contribution in [2.75, 3.05) is 12.1 Å². The number of halogens is 1. The van der Waals surface area contributed by atoms with Gasteiger partial charge in [0.25, 0.3) is 17.7 Å². The number of likely N-dealkylation sites (tertiary alicyclic amines) is 2. The molecule has 2 unspecified atom stereocenters. The quantitative estimate of drug-likeness (QED) is 0.0896. The fourth-order valence-corrected chi connectivity index (χ4v) is 5.05. The molecule has 3 aliphatic heterocycles. The van der Waals surface area contributed by atoms with Crippen LogP contribution in [0.2, 0.25) is 0 Å². The molecule has 0 aliphatic carbocycles. The van der Waals surface area contributed by atoms with Gasteiger partial charge < -0.3 is 9.84 Å². The number of aliphatic hydroxyl groups is 1. The number of esters is 1. The number of β-lactam (4-membered cyclic amide) rings is 1. The monoisotopic (exact) mass is 565 g/mol. The summed E-state index contributed by atoms with van der Waals surface area (Å²) >= 11 is 3.49. The van der Waals surface area contributed by atoms with E-state index in [4.69, 9.17) is 4.74 Å². The lowest BCUT2D eigenvalue weighted by molar-refractivity contribution is -0.159. The highest BCUT2D eigenvalue weighted by molar-refractivity contribution is 9.09. The maximum absolute atomic E-state index is 13.2. The number of benzene rings is 1. The Morgan fingerprint density at radius 2 is 1.66 bits per heavy atom. The lowest BCUT2D eigenvalue weighted by atomic mass is 10.0. The first-order valence-corrected chi connectivity index (χ1v) is 12.2. The van der Waals surface area contributed by atoms with E-state index in [0.717, 1.165) is 14.7 Å². The molecular formula is C21H16BrN3O9S. The topological polar surface area (TPSA) is 159 Å². The Hall–Kier alpha value is -3.52. The number of carbonyl (C=O) groups excluding carboxylic acids is 7. The first-order chi connectivity index (χ1) is 16.7. The molecule has 0 spiro atoms. The fourth-order valence-electron chi connectivity index (χ4n) is 3.95. The van der Waals surface area contributed by atoms with Gasteiger partial charge in [-0.25, -0.2) is 9.69 Å². The number of alkyl halides is 1. The third-order valence-corrected chi connectivity index (χ3v) is 7.02. The van der Waals surface area contributed by atoms with Crippen LogP contribution in [0.4, 0.5) is 0 Å². The molecule has 3 aliphatic rings. The summed E-state index contributed by atoms with van der Waals surface area (Å²) in [6, 6.07) is 4.55. The number of hydrogen-bond acceptors (Lipinski definition) is 10. The predicted molar refractivity (Wildman–Crippen MR) is 121 cm³/mol. The van der Waals surface area contributed by atoms with Crippen LogP contribution >= 0.6 is 27.7 Å². The number of allylic oxidation sites excluding steroid dienone is 1. The van der Waals surface area contributed by atoms with Gasteiger partial charge in [-0.15, -0.1) is 0 Å². The van der Waals surface area contributed by atoms with E-state index in [1.807, 2.05) is 0 Å². The summed E-state index contributed by atoms with van der Waals surface area (Å²) in [5, 5.41) is 8.84. The highest BCUT2D eigenvalue weighted by Crippen LogP contribution is 2.40. The summed E-state index contributed by atoms with van der Waals surface area (Å²) in [6.45, 7) is -0.731. The minimum Gasteiger partial charge on any atom is -0.509 e. The summed E-state index contributed by atoms with van der Waals surface area (Å²) in [5.41, 5.74) is -0.0995. The first-order valence-electron chi connectivity index (χ1n) is 10.1. The number of thioether (sulfide) groups is 1. The standard InChI is InChI=1S/C21H16BrN3O9S/c22-7-12(27)15(21(33)34-8-23-13(28)5-6-14(23)29)25-19(32)16(20(25)35-9-26)24-17(30)10-3-1-2-4-11(10)18(24)31/h1-4,9,16,20,27H,5-8H2. The molecule has 12 nitrogen and oxygen atoms in total. The molecule has 5 amide bonds. The average Bonchev–Trinajstić information content (AvgIpc) is 3.30. The third kappa shape index (κ3) is 4.01. The van der Waals surface area contributed by atoms with Crippen molar-refractivity contribution in [1.29, 1.82) is 0 Å². The lowest BCUT2D eigenvalue weighted by Crippen LogP contribution is -2.70. The van der Waals surface area contributed by atoms with Gasteiger partial charge in [-0.05, 0) is 12.1 Å². The van der Waals surface area contributed by atoms with Crippen LogP contribution in [0, 0.1) is 0 Å². The van der Waals surface area contributed by atoms with E-state index in [1.54, 1.807) is 12.1 Å². The highest BCUT2D eigenvalue weighted by Gasteiger charge is 2.59. The molecular weight excluding hydrogens is 550 g/mol. The second-order valence-electron chi connectivity index (χ2n) is 7.51. The van der Waals surface area contributed by atoms with Gasteiger partial charge in [-0.2, -0.15) is 0 Å². The van der Waals surface area contributed by atoms with E-state index < -0.39 is 65.1 Å².